The Morgan fingerprint density at radius 2 is 1.93 bits per heavy atom. The molecular formula is C18H13BrF2N4O3. The van der Waals surface area contributed by atoms with E-state index in [1.54, 1.807) is 0 Å². The first kappa shape index (κ1) is 19.6. The Kier molecular flexibility index (Phi) is 6.09. The summed E-state index contributed by atoms with van der Waals surface area (Å²) in [7, 11) is 0. The lowest BCUT2D eigenvalue weighted by Crippen LogP contribution is -2.22. The Hall–Kier alpha value is -3.14. The van der Waals surface area contributed by atoms with Crippen LogP contribution in [0.1, 0.15) is 16.1 Å². The average Bonchev–Trinajstić information content (AvgIpc) is 3.12. The van der Waals surface area contributed by atoms with Crippen molar-refractivity contribution in [2.24, 2.45) is 0 Å². The highest BCUT2D eigenvalue weighted by molar-refractivity contribution is 9.10. The van der Waals surface area contributed by atoms with Gasteiger partial charge in [-0.3, -0.25) is 4.79 Å². The van der Waals surface area contributed by atoms with E-state index in [0.717, 1.165) is 11.6 Å². The van der Waals surface area contributed by atoms with E-state index in [1.807, 2.05) is 30.3 Å². The van der Waals surface area contributed by atoms with Gasteiger partial charge in [0.1, 0.15) is 5.82 Å². The van der Waals surface area contributed by atoms with Gasteiger partial charge in [-0.05, 0) is 27.6 Å². The number of benzene rings is 2. The van der Waals surface area contributed by atoms with Crippen molar-refractivity contribution in [1.29, 1.82) is 0 Å². The zero-order valence-electron chi connectivity index (χ0n) is 14.2. The normalized spacial score (nSPS) is 10.5. The quantitative estimate of drug-likeness (QED) is 0.582. The fourth-order valence-electron chi connectivity index (χ4n) is 2.28. The molecule has 0 spiro atoms. The lowest BCUT2D eigenvalue weighted by atomic mass is 10.2. The molecule has 0 bridgehead atoms. The number of carbonyl (C=O) groups excluding carboxylic acids is 2. The molecule has 2 aromatic carbocycles. The molecule has 0 aliphatic carbocycles. The molecule has 10 heteroatoms. The van der Waals surface area contributed by atoms with Crippen molar-refractivity contribution in [2.75, 3.05) is 11.9 Å². The standard InChI is InChI=1S/C18H13BrF2N4O3/c19-13-6-12(20)7-14(21)17(13)22-16(26)10-28-18(27)15-9-25(24-23-15)8-11-4-2-1-3-5-11/h1-7,9H,8,10H2,(H,22,26). The minimum atomic E-state index is -0.963. The highest BCUT2D eigenvalue weighted by Crippen LogP contribution is 2.26. The first-order valence-corrected chi connectivity index (χ1v) is 8.77. The van der Waals surface area contributed by atoms with E-state index in [9.17, 15) is 18.4 Å². The predicted octanol–water partition coefficient (Wildman–Crippen LogP) is 3.16. The van der Waals surface area contributed by atoms with Crippen LogP contribution in [0.4, 0.5) is 14.5 Å². The SMILES string of the molecule is O=C(COC(=O)c1cn(Cc2ccccc2)nn1)Nc1c(F)cc(F)cc1Br. The number of aromatic nitrogens is 3. The fourth-order valence-corrected chi connectivity index (χ4v) is 2.79. The van der Waals surface area contributed by atoms with Crippen LogP contribution >= 0.6 is 15.9 Å². The Morgan fingerprint density at radius 3 is 2.64 bits per heavy atom. The number of nitrogens with zero attached hydrogens (tertiary/aromatic N) is 3. The number of amides is 1. The van der Waals surface area contributed by atoms with Gasteiger partial charge in [0.2, 0.25) is 0 Å². The van der Waals surface area contributed by atoms with Crippen LogP contribution in [0.3, 0.4) is 0 Å². The predicted molar refractivity (Wildman–Crippen MR) is 98.5 cm³/mol. The summed E-state index contributed by atoms with van der Waals surface area (Å²) in [6.07, 6.45) is 1.39. The van der Waals surface area contributed by atoms with Crippen molar-refractivity contribution in [3.63, 3.8) is 0 Å². The van der Waals surface area contributed by atoms with Gasteiger partial charge in [-0.15, -0.1) is 5.10 Å². The molecule has 0 aliphatic rings. The van der Waals surface area contributed by atoms with Gasteiger partial charge >= 0.3 is 5.97 Å². The van der Waals surface area contributed by atoms with E-state index >= 15 is 0 Å². The first-order valence-electron chi connectivity index (χ1n) is 7.98. The van der Waals surface area contributed by atoms with Crippen molar-refractivity contribution in [3.8, 4) is 0 Å². The number of rotatable bonds is 6. The van der Waals surface area contributed by atoms with E-state index in [2.05, 4.69) is 31.6 Å². The molecule has 1 heterocycles. The number of anilines is 1. The summed E-state index contributed by atoms with van der Waals surface area (Å²) in [6, 6.07) is 11.1. The molecule has 28 heavy (non-hydrogen) atoms. The third-order valence-corrected chi connectivity index (χ3v) is 4.17. The zero-order valence-corrected chi connectivity index (χ0v) is 15.8. The van der Waals surface area contributed by atoms with Crippen LogP contribution in [0.25, 0.3) is 0 Å². The molecule has 1 N–H and O–H groups in total. The molecule has 1 amide bonds. The minimum absolute atomic E-state index is 0.0218. The lowest BCUT2D eigenvalue weighted by molar-refractivity contribution is -0.119. The molecule has 0 radical (unpaired) electrons. The Balaban J connectivity index is 1.55. The highest BCUT2D eigenvalue weighted by atomic mass is 79.9. The molecular weight excluding hydrogens is 438 g/mol. The van der Waals surface area contributed by atoms with Crippen LogP contribution in [0, 0.1) is 11.6 Å². The van der Waals surface area contributed by atoms with Gasteiger partial charge in [-0.1, -0.05) is 35.5 Å². The van der Waals surface area contributed by atoms with Crippen molar-refractivity contribution >= 4 is 33.5 Å². The van der Waals surface area contributed by atoms with Crippen LogP contribution < -0.4 is 5.32 Å². The summed E-state index contributed by atoms with van der Waals surface area (Å²) < 4.78 is 33.1. The van der Waals surface area contributed by atoms with Gasteiger partial charge in [0.25, 0.3) is 5.91 Å². The molecule has 3 rings (SSSR count). The summed E-state index contributed by atoms with van der Waals surface area (Å²) >= 11 is 2.95. The first-order chi connectivity index (χ1) is 13.4. The number of ether oxygens (including phenoxy) is 1. The molecule has 1 aromatic heterocycles. The van der Waals surface area contributed by atoms with Crippen LogP contribution in [0.5, 0.6) is 0 Å². The van der Waals surface area contributed by atoms with Gasteiger partial charge in [0.05, 0.1) is 18.4 Å². The van der Waals surface area contributed by atoms with E-state index < -0.39 is 30.1 Å². The summed E-state index contributed by atoms with van der Waals surface area (Å²) in [4.78, 5) is 23.9. The second-order valence-corrected chi connectivity index (χ2v) is 6.51. The monoisotopic (exact) mass is 450 g/mol. The maximum Gasteiger partial charge on any atom is 0.361 e. The number of esters is 1. The topological polar surface area (TPSA) is 86.1 Å². The van der Waals surface area contributed by atoms with Gasteiger partial charge in [0, 0.05) is 10.5 Å². The van der Waals surface area contributed by atoms with Gasteiger partial charge in [-0.2, -0.15) is 0 Å². The molecule has 0 aliphatic heterocycles. The van der Waals surface area contributed by atoms with Gasteiger partial charge < -0.3 is 10.1 Å². The largest absolute Gasteiger partial charge is 0.451 e. The summed E-state index contributed by atoms with van der Waals surface area (Å²) in [5.41, 5.74) is 0.646. The molecule has 0 fully saturated rings. The number of nitrogens with one attached hydrogen (secondary N) is 1. The van der Waals surface area contributed by atoms with E-state index in [4.69, 9.17) is 4.74 Å². The molecule has 144 valence electrons. The molecule has 0 saturated heterocycles. The van der Waals surface area contributed by atoms with Crippen molar-refractivity contribution in [1.82, 2.24) is 15.0 Å². The number of carbonyl (C=O) groups is 2. The molecule has 0 saturated carbocycles. The summed E-state index contributed by atoms with van der Waals surface area (Å²) in [6.45, 7) is -0.257. The van der Waals surface area contributed by atoms with Crippen molar-refractivity contribution < 1.29 is 23.1 Å². The fraction of sp³-hybridized carbons (Fsp3) is 0.111. The second kappa shape index (κ2) is 8.70. The Morgan fingerprint density at radius 1 is 1.18 bits per heavy atom. The van der Waals surface area contributed by atoms with Crippen molar-refractivity contribution in [2.45, 2.75) is 6.54 Å². The Bertz CT molecular complexity index is 988. The lowest BCUT2D eigenvalue weighted by Gasteiger charge is -2.09. The summed E-state index contributed by atoms with van der Waals surface area (Å²) in [5, 5.41) is 9.75. The van der Waals surface area contributed by atoms with E-state index in [1.165, 1.54) is 10.9 Å². The Labute approximate surface area is 166 Å². The summed E-state index contributed by atoms with van der Waals surface area (Å²) in [5.74, 6) is -3.41. The smallest absolute Gasteiger partial charge is 0.361 e. The van der Waals surface area contributed by atoms with Gasteiger partial charge in [-0.25, -0.2) is 18.3 Å². The number of hydrogen-bond acceptors (Lipinski definition) is 5. The number of halogens is 3. The maximum atomic E-state index is 13.7. The van der Waals surface area contributed by atoms with E-state index in [0.29, 0.717) is 12.6 Å². The molecule has 3 aromatic rings. The van der Waals surface area contributed by atoms with Gasteiger partial charge in [0.15, 0.2) is 18.1 Å². The van der Waals surface area contributed by atoms with Crippen LogP contribution in [0.2, 0.25) is 0 Å². The average molecular weight is 451 g/mol. The van der Waals surface area contributed by atoms with Crippen molar-refractivity contribution in [3.05, 3.63) is 76.0 Å². The molecule has 7 nitrogen and oxygen atoms in total. The third kappa shape index (κ3) is 4.97. The van der Waals surface area contributed by atoms with E-state index in [-0.39, 0.29) is 15.9 Å². The maximum absolute atomic E-state index is 13.7. The number of hydrogen-bond donors (Lipinski definition) is 1. The molecule has 0 unspecified atom stereocenters. The minimum Gasteiger partial charge on any atom is -0.451 e. The zero-order chi connectivity index (χ0) is 20.1. The highest BCUT2D eigenvalue weighted by Gasteiger charge is 2.17. The second-order valence-electron chi connectivity index (χ2n) is 5.66. The van der Waals surface area contributed by atoms with Crippen LogP contribution in [-0.4, -0.2) is 33.5 Å². The third-order valence-electron chi connectivity index (χ3n) is 3.54. The van der Waals surface area contributed by atoms with Crippen LogP contribution in [-0.2, 0) is 16.1 Å². The van der Waals surface area contributed by atoms with Crippen LogP contribution in [0.15, 0.2) is 53.1 Å². The molecule has 0 atom stereocenters.